The molecule has 1 heterocycles. The van der Waals surface area contributed by atoms with Crippen molar-refractivity contribution in [3.63, 3.8) is 0 Å². The summed E-state index contributed by atoms with van der Waals surface area (Å²) in [5.41, 5.74) is 3.96. The fourth-order valence-corrected chi connectivity index (χ4v) is 2.49. The number of nitrogens with zero attached hydrogens (tertiary/aromatic N) is 1. The van der Waals surface area contributed by atoms with Crippen molar-refractivity contribution in [3.05, 3.63) is 65.9 Å². The monoisotopic (exact) mass is 359 g/mol. The number of pyridine rings is 1. The Labute approximate surface area is 158 Å². The first kappa shape index (κ1) is 18.3. The van der Waals surface area contributed by atoms with E-state index < -0.39 is 0 Å². The predicted molar refractivity (Wildman–Crippen MR) is 108 cm³/mol. The van der Waals surface area contributed by atoms with Crippen molar-refractivity contribution in [2.45, 2.75) is 13.8 Å². The van der Waals surface area contributed by atoms with Gasteiger partial charge >= 0.3 is 6.03 Å². The normalized spacial score (nSPS) is 10.0. The highest BCUT2D eigenvalue weighted by Gasteiger charge is 2.01. The van der Waals surface area contributed by atoms with E-state index in [0.717, 1.165) is 27.9 Å². The van der Waals surface area contributed by atoms with Crippen molar-refractivity contribution in [2.24, 2.45) is 0 Å². The third-order valence-corrected chi connectivity index (χ3v) is 4.12. The molecule has 0 unspecified atom stereocenters. The number of rotatable bonds is 4. The molecule has 3 aromatic rings. The smallest absolute Gasteiger partial charge is 0.319 e. The van der Waals surface area contributed by atoms with Crippen LogP contribution in [0.3, 0.4) is 0 Å². The van der Waals surface area contributed by atoms with Gasteiger partial charge in [-0.25, -0.2) is 4.79 Å². The van der Waals surface area contributed by atoms with Gasteiger partial charge in [0.25, 0.3) is 0 Å². The van der Waals surface area contributed by atoms with Crippen molar-refractivity contribution in [1.29, 1.82) is 0 Å². The van der Waals surface area contributed by atoms with Crippen LogP contribution in [0.4, 0.5) is 10.5 Å². The number of carbonyl (C=O) groups excluding carboxylic acids is 1. The SMILES string of the molecule is Cc1ccc(NC(=O)NCC#CCOc2ccc3cccnc3c2)cc1C. The highest BCUT2D eigenvalue weighted by Crippen LogP contribution is 2.18. The summed E-state index contributed by atoms with van der Waals surface area (Å²) in [6.07, 6.45) is 1.75. The number of hydrogen-bond acceptors (Lipinski definition) is 3. The van der Waals surface area contributed by atoms with Gasteiger partial charge in [0.05, 0.1) is 12.1 Å². The molecule has 27 heavy (non-hydrogen) atoms. The third kappa shape index (κ3) is 5.23. The van der Waals surface area contributed by atoms with E-state index in [4.69, 9.17) is 4.74 Å². The zero-order valence-electron chi connectivity index (χ0n) is 15.4. The van der Waals surface area contributed by atoms with Gasteiger partial charge in [0.1, 0.15) is 12.4 Å². The topological polar surface area (TPSA) is 63.2 Å². The lowest BCUT2D eigenvalue weighted by molar-refractivity contribution is 0.253. The van der Waals surface area contributed by atoms with Crippen LogP contribution in [0, 0.1) is 25.7 Å². The summed E-state index contributed by atoms with van der Waals surface area (Å²) in [4.78, 5) is 16.2. The molecule has 0 atom stereocenters. The fraction of sp³-hybridized carbons (Fsp3) is 0.182. The van der Waals surface area contributed by atoms with Crippen LogP contribution in [0.2, 0.25) is 0 Å². The van der Waals surface area contributed by atoms with Gasteiger partial charge in [0.15, 0.2) is 0 Å². The molecule has 2 aromatic carbocycles. The number of aryl methyl sites for hydroxylation is 2. The molecule has 0 aliphatic rings. The lowest BCUT2D eigenvalue weighted by Gasteiger charge is -2.07. The predicted octanol–water partition coefficient (Wildman–Crippen LogP) is 4.06. The van der Waals surface area contributed by atoms with Gasteiger partial charge in [-0.3, -0.25) is 4.98 Å². The lowest BCUT2D eigenvalue weighted by atomic mass is 10.1. The summed E-state index contributed by atoms with van der Waals surface area (Å²) in [7, 11) is 0. The molecule has 5 heteroatoms. The average molecular weight is 359 g/mol. The zero-order chi connectivity index (χ0) is 19.1. The highest BCUT2D eigenvalue weighted by atomic mass is 16.5. The largest absolute Gasteiger partial charge is 0.481 e. The maximum Gasteiger partial charge on any atom is 0.319 e. The number of aromatic nitrogens is 1. The lowest BCUT2D eigenvalue weighted by Crippen LogP contribution is -2.29. The number of anilines is 1. The summed E-state index contributed by atoms with van der Waals surface area (Å²) >= 11 is 0. The van der Waals surface area contributed by atoms with E-state index in [0.29, 0.717) is 0 Å². The first-order chi connectivity index (χ1) is 13.1. The Morgan fingerprint density at radius 1 is 1.07 bits per heavy atom. The number of hydrogen-bond donors (Lipinski definition) is 2. The molecule has 0 radical (unpaired) electrons. The van der Waals surface area contributed by atoms with Gasteiger partial charge in [-0.2, -0.15) is 0 Å². The Morgan fingerprint density at radius 3 is 2.81 bits per heavy atom. The Hall–Kier alpha value is -3.52. The second-order valence-electron chi connectivity index (χ2n) is 6.11. The van der Waals surface area contributed by atoms with Crippen molar-refractivity contribution < 1.29 is 9.53 Å². The Bertz CT molecular complexity index is 1020. The van der Waals surface area contributed by atoms with E-state index >= 15 is 0 Å². The Morgan fingerprint density at radius 2 is 1.96 bits per heavy atom. The molecule has 0 saturated carbocycles. The van der Waals surface area contributed by atoms with E-state index in [9.17, 15) is 4.79 Å². The minimum Gasteiger partial charge on any atom is -0.481 e. The fourth-order valence-electron chi connectivity index (χ4n) is 2.49. The zero-order valence-corrected chi connectivity index (χ0v) is 15.4. The third-order valence-electron chi connectivity index (χ3n) is 4.12. The summed E-state index contributed by atoms with van der Waals surface area (Å²) in [5, 5.41) is 6.55. The summed E-state index contributed by atoms with van der Waals surface area (Å²) < 4.78 is 5.60. The molecule has 2 amide bonds. The average Bonchev–Trinajstić information content (AvgIpc) is 2.67. The molecule has 0 saturated heterocycles. The van der Waals surface area contributed by atoms with Gasteiger partial charge in [0.2, 0.25) is 0 Å². The molecule has 5 nitrogen and oxygen atoms in total. The molecular formula is C22H21N3O2. The van der Waals surface area contributed by atoms with Gasteiger partial charge in [-0.05, 0) is 55.3 Å². The minimum absolute atomic E-state index is 0.249. The number of amides is 2. The Balaban J connectivity index is 1.42. The molecular weight excluding hydrogens is 338 g/mol. The first-order valence-electron chi connectivity index (χ1n) is 8.67. The van der Waals surface area contributed by atoms with E-state index in [1.807, 2.05) is 62.4 Å². The van der Waals surface area contributed by atoms with E-state index in [2.05, 4.69) is 27.5 Å². The maximum atomic E-state index is 11.9. The van der Waals surface area contributed by atoms with Crippen molar-refractivity contribution >= 4 is 22.6 Å². The first-order valence-corrected chi connectivity index (χ1v) is 8.67. The van der Waals surface area contributed by atoms with Gasteiger partial charge in [0, 0.05) is 23.3 Å². The summed E-state index contributed by atoms with van der Waals surface area (Å²) in [6.45, 7) is 4.54. The van der Waals surface area contributed by atoms with Gasteiger partial charge < -0.3 is 15.4 Å². The van der Waals surface area contributed by atoms with Crippen LogP contribution in [0.25, 0.3) is 10.9 Å². The van der Waals surface area contributed by atoms with Gasteiger partial charge in [-0.1, -0.05) is 24.0 Å². The molecule has 0 aliphatic heterocycles. The second-order valence-corrected chi connectivity index (χ2v) is 6.11. The number of nitrogens with one attached hydrogen (secondary N) is 2. The van der Waals surface area contributed by atoms with Crippen LogP contribution in [0.1, 0.15) is 11.1 Å². The molecule has 1 aromatic heterocycles. The van der Waals surface area contributed by atoms with Crippen molar-refractivity contribution in [1.82, 2.24) is 10.3 Å². The number of fused-ring (bicyclic) bond motifs is 1. The number of carbonyl (C=O) groups is 1. The number of urea groups is 1. The van der Waals surface area contributed by atoms with Crippen LogP contribution in [0.5, 0.6) is 5.75 Å². The molecule has 0 aliphatic carbocycles. The molecule has 0 spiro atoms. The molecule has 0 bridgehead atoms. The number of benzene rings is 2. The summed E-state index contributed by atoms with van der Waals surface area (Å²) in [6, 6.07) is 15.1. The van der Waals surface area contributed by atoms with E-state index in [1.54, 1.807) is 6.20 Å². The summed E-state index contributed by atoms with van der Waals surface area (Å²) in [5.74, 6) is 6.47. The van der Waals surface area contributed by atoms with Crippen molar-refractivity contribution in [2.75, 3.05) is 18.5 Å². The van der Waals surface area contributed by atoms with E-state index in [1.165, 1.54) is 5.56 Å². The maximum absolute atomic E-state index is 11.9. The van der Waals surface area contributed by atoms with Crippen LogP contribution in [-0.4, -0.2) is 24.2 Å². The minimum atomic E-state index is -0.283. The second kappa shape index (κ2) is 8.72. The number of ether oxygens (including phenoxy) is 1. The van der Waals surface area contributed by atoms with Crippen LogP contribution in [-0.2, 0) is 0 Å². The molecule has 3 rings (SSSR count). The van der Waals surface area contributed by atoms with E-state index in [-0.39, 0.29) is 19.2 Å². The molecule has 0 fully saturated rings. The molecule has 136 valence electrons. The highest BCUT2D eigenvalue weighted by molar-refractivity contribution is 5.89. The Kier molecular flexibility index (Phi) is 5.91. The van der Waals surface area contributed by atoms with Crippen molar-refractivity contribution in [3.8, 4) is 17.6 Å². The van der Waals surface area contributed by atoms with Crippen LogP contribution in [0.15, 0.2) is 54.7 Å². The quantitative estimate of drug-likeness (QED) is 0.691. The standard InChI is InChI=1S/C22H21N3O2/c1-16-7-9-19(14-17(16)2)25-22(26)24-11-3-4-13-27-20-10-8-18-6-5-12-23-21(18)15-20/h5-10,12,14-15H,11,13H2,1-2H3,(H2,24,25,26). The van der Waals surface area contributed by atoms with Crippen LogP contribution < -0.4 is 15.4 Å². The van der Waals surface area contributed by atoms with Gasteiger partial charge in [-0.15, -0.1) is 0 Å². The molecule has 2 N–H and O–H groups in total. The van der Waals surface area contributed by atoms with Crippen LogP contribution >= 0.6 is 0 Å².